The summed E-state index contributed by atoms with van der Waals surface area (Å²) in [4.78, 5) is 24.9. The Bertz CT molecular complexity index is 542. The summed E-state index contributed by atoms with van der Waals surface area (Å²) in [6.07, 6.45) is 1.79. The number of hydrogen-bond acceptors (Lipinski definition) is 2. The number of hydrogen-bond donors (Lipinski definition) is 1. The predicted octanol–water partition coefficient (Wildman–Crippen LogP) is 2.53. The molecule has 21 heavy (non-hydrogen) atoms. The van der Waals surface area contributed by atoms with Crippen LogP contribution >= 0.6 is 0 Å². The number of amides is 1. The average molecular weight is 297 g/mol. The number of benzene rings is 1. The van der Waals surface area contributed by atoms with E-state index in [0.29, 0.717) is 19.4 Å². The Morgan fingerprint density at radius 1 is 1.29 bits per heavy atom. The van der Waals surface area contributed by atoms with E-state index in [0.717, 1.165) is 18.6 Å². The minimum atomic E-state index is -1.08. The summed E-state index contributed by atoms with van der Waals surface area (Å²) in [6.45, 7) is 1.70. The summed E-state index contributed by atoms with van der Waals surface area (Å²) in [5, 5.41) is 9.18. The fourth-order valence-electron chi connectivity index (χ4n) is 2.75. The van der Waals surface area contributed by atoms with Gasteiger partial charge in [0.15, 0.2) is 0 Å². The molecule has 114 valence electrons. The van der Waals surface area contributed by atoms with Crippen molar-refractivity contribution >= 4 is 11.9 Å². The molecule has 1 heterocycles. The first kappa shape index (κ1) is 15.4. The largest absolute Gasteiger partial charge is 0.480 e. The van der Waals surface area contributed by atoms with Gasteiger partial charge in [-0.25, -0.2) is 13.6 Å². The number of carboxylic acid groups (broad SMARTS) is 1. The highest BCUT2D eigenvalue weighted by atomic mass is 19.1. The number of halogens is 2. The number of rotatable bonds is 3. The van der Waals surface area contributed by atoms with Crippen LogP contribution in [0, 0.1) is 11.6 Å². The van der Waals surface area contributed by atoms with Gasteiger partial charge in [0.2, 0.25) is 5.91 Å². The molecule has 1 saturated heterocycles. The van der Waals surface area contributed by atoms with Gasteiger partial charge >= 0.3 is 5.97 Å². The van der Waals surface area contributed by atoms with Crippen molar-refractivity contribution in [3.05, 3.63) is 35.4 Å². The zero-order valence-electron chi connectivity index (χ0n) is 11.7. The van der Waals surface area contributed by atoms with Crippen molar-refractivity contribution < 1.29 is 23.5 Å². The third kappa shape index (κ3) is 3.04. The van der Waals surface area contributed by atoms with Crippen LogP contribution in [0.3, 0.4) is 0 Å². The Morgan fingerprint density at radius 2 is 1.90 bits per heavy atom. The number of carbonyl (C=O) groups excluding carboxylic acids is 1. The number of carbonyl (C=O) groups is 2. The lowest BCUT2D eigenvalue weighted by molar-refractivity contribution is -0.152. The van der Waals surface area contributed by atoms with Crippen LogP contribution in [-0.2, 0) is 9.59 Å². The first-order valence-electron chi connectivity index (χ1n) is 6.90. The first-order valence-corrected chi connectivity index (χ1v) is 6.90. The molecule has 0 saturated carbocycles. The molecule has 1 N–H and O–H groups in total. The molecule has 2 atom stereocenters. The van der Waals surface area contributed by atoms with E-state index in [1.807, 2.05) is 0 Å². The van der Waals surface area contributed by atoms with Crippen LogP contribution in [0.4, 0.5) is 8.78 Å². The topological polar surface area (TPSA) is 57.6 Å². The molecule has 1 aromatic carbocycles. The number of carboxylic acids is 1. The second-order valence-corrected chi connectivity index (χ2v) is 5.24. The van der Waals surface area contributed by atoms with Crippen molar-refractivity contribution in [2.45, 2.75) is 38.1 Å². The van der Waals surface area contributed by atoms with E-state index in [2.05, 4.69) is 0 Å². The summed E-state index contributed by atoms with van der Waals surface area (Å²) in [5.74, 6) is -4.26. The molecule has 0 bridgehead atoms. The Labute approximate surface area is 121 Å². The maximum absolute atomic E-state index is 13.8. The van der Waals surface area contributed by atoms with Crippen LogP contribution < -0.4 is 0 Å². The zero-order chi connectivity index (χ0) is 15.6. The van der Waals surface area contributed by atoms with Gasteiger partial charge in [0, 0.05) is 12.1 Å². The summed E-state index contributed by atoms with van der Waals surface area (Å²) in [6, 6.07) is 2.50. The van der Waals surface area contributed by atoms with E-state index in [-0.39, 0.29) is 5.56 Å². The first-order chi connectivity index (χ1) is 9.93. The molecule has 1 aliphatic heterocycles. The van der Waals surface area contributed by atoms with Gasteiger partial charge in [-0.1, -0.05) is 6.07 Å². The van der Waals surface area contributed by atoms with Crippen molar-refractivity contribution in [2.75, 3.05) is 6.54 Å². The normalized spacial score (nSPS) is 20.1. The number of aliphatic carboxylic acids is 1. The predicted molar refractivity (Wildman–Crippen MR) is 71.8 cm³/mol. The zero-order valence-corrected chi connectivity index (χ0v) is 11.7. The second kappa shape index (κ2) is 6.20. The van der Waals surface area contributed by atoms with E-state index in [4.69, 9.17) is 0 Å². The van der Waals surface area contributed by atoms with Crippen LogP contribution in [0.25, 0.3) is 0 Å². The molecule has 1 aliphatic rings. The monoisotopic (exact) mass is 297 g/mol. The molecular formula is C15H17F2NO3. The third-order valence-electron chi connectivity index (χ3n) is 3.87. The van der Waals surface area contributed by atoms with Crippen LogP contribution in [0.15, 0.2) is 18.2 Å². The molecule has 0 spiro atoms. The molecule has 1 amide bonds. The maximum Gasteiger partial charge on any atom is 0.326 e. The van der Waals surface area contributed by atoms with E-state index >= 15 is 0 Å². The van der Waals surface area contributed by atoms with Gasteiger partial charge in [-0.05, 0) is 38.3 Å². The molecule has 6 heteroatoms. The van der Waals surface area contributed by atoms with Crippen LogP contribution in [0.1, 0.15) is 37.7 Å². The molecule has 1 aromatic rings. The van der Waals surface area contributed by atoms with Crippen molar-refractivity contribution in [1.29, 1.82) is 0 Å². The smallest absolute Gasteiger partial charge is 0.326 e. The standard InChI is InChI=1S/C15H17F2NO3/c1-9(13-10(16)5-4-6-11(13)17)14(19)18-8-3-2-7-12(18)15(20)21/h4-6,9,12H,2-3,7-8H2,1H3,(H,20,21)/t9?,12-/m1/s1. The molecular weight excluding hydrogens is 280 g/mol. The van der Waals surface area contributed by atoms with Gasteiger partial charge in [0.1, 0.15) is 17.7 Å². The fraction of sp³-hybridized carbons (Fsp3) is 0.467. The molecule has 1 unspecified atom stereocenters. The van der Waals surface area contributed by atoms with Crippen LogP contribution in [0.5, 0.6) is 0 Å². The highest BCUT2D eigenvalue weighted by Gasteiger charge is 2.35. The van der Waals surface area contributed by atoms with Gasteiger partial charge in [0.25, 0.3) is 0 Å². The van der Waals surface area contributed by atoms with Crippen LogP contribution in [0.2, 0.25) is 0 Å². The minimum absolute atomic E-state index is 0.302. The Balaban J connectivity index is 2.28. The lowest BCUT2D eigenvalue weighted by Gasteiger charge is -2.34. The van der Waals surface area contributed by atoms with E-state index in [9.17, 15) is 23.5 Å². The molecule has 1 fully saturated rings. The van der Waals surface area contributed by atoms with Gasteiger partial charge < -0.3 is 10.0 Å². The van der Waals surface area contributed by atoms with Gasteiger partial charge in [0.05, 0.1) is 5.92 Å². The second-order valence-electron chi connectivity index (χ2n) is 5.24. The Kier molecular flexibility index (Phi) is 4.55. The van der Waals surface area contributed by atoms with Crippen molar-refractivity contribution in [3.63, 3.8) is 0 Å². The quantitative estimate of drug-likeness (QED) is 0.932. The van der Waals surface area contributed by atoms with E-state index < -0.39 is 35.5 Å². The fourth-order valence-corrected chi connectivity index (χ4v) is 2.75. The highest BCUT2D eigenvalue weighted by molar-refractivity contribution is 5.88. The lowest BCUT2D eigenvalue weighted by Crippen LogP contribution is -2.49. The minimum Gasteiger partial charge on any atom is -0.480 e. The molecule has 0 aromatic heterocycles. The number of nitrogens with zero attached hydrogens (tertiary/aromatic N) is 1. The highest BCUT2D eigenvalue weighted by Crippen LogP contribution is 2.27. The summed E-state index contributed by atoms with van der Waals surface area (Å²) < 4.78 is 27.5. The summed E-state index contributed by atoms with van der Waals surface area (Å²) >= 11 is 0. The molecule has 2 rings (SSSR count). The van der Waals surface area contributed by atoms with Gasteiger partial charge in [-0.15, -0.1) is 0 Å². The molecule has 0 aliphatic carbocycles. The van der Waals surface area contributed by atoms with E-state index in [1.54, 1.807) is 0 Å². The Hall–Kier alpha value is -1.98. The van der Waals surface area contributed by atoms with Crippen molar-refractivity contribution in [1.82, 2.24) is 4.90 Å². The Morgan fingerprint density at radius 3 is 2.48 bits per heavy atom. The molecule has 4 nitrogen and oxygen atoms in total. The summed E-state index contributed by atoms with van der Waals surface area (Å²) in [5.41, 5.74) is -0.308. The average Bonchev–Trinajstić information content (AvgIpc) is 2.46. The number of likely N-dealkylation sites (tertiary alicyclic amines) is 1. The van der Waals surface area contributed by atoms with Crippen LogP contribution in [-0.4, -0.2) is 34.5 Å². The van der Waals surface area contributed by atoms with Crippen molar-refractivity contribution in [3.8, 4) is 0 Å². The maximum atomic E-state index is 13.8. The third-order valence-corrected chi connectivity index (χ3v) is 3.87. The van der Waals surface area contributed by atoms with E-state index in [1.165, 1.54) is 17.9 Å². The van der Waals surface area contributed by atoms with Gasteiger partial charge in [-0.3, -0.25) is 4.79 Å². The number of piperidine rings is 1. The van der Waals surface area contributed by atoms with Gasteiger partial charge in [-0.2, -0.15) is 0 Å². The van der Waals surface area contributed by atoms with Crippen molar-refractivity contribution in [2.24, 2.45) is 0 Å². The SMILES string of the molecule is CC(C(=O)N1CCCC[C@@H]1C(=O)O)c1c(F)cccc1F. The molecule has 0 radical (unpaired) electrons. The summed E-state index contributed by atoms with van der Waals surface area (Å²) in [7, 11) is 0. The lowest BCUT2D eigenvalue weighted by atomic mass is 9.95.